The standard InChI is InChI=1S/C13H18N2O3/c1-9(14)6-7-12(16)15-11-5-3-4-10(8-11)13(17)18-2/h3-5,8-9H,6-7,14H2,1-2H3,(H,15,16). The normalized spacial score (nSPS) is 11.7. The van der Waals surface area contributed by atoms with Crippen LogP contribution in [0, 0.1) is 0 Å². The first-order valence-electron chi connectivity index (χ1n) is 5.76. The SMILES string of the molecule is COC(=O)c1cccc(NC(=O)CCC(C)N)c1. The molecule has 0 heterocycles. The van der Waals surface area contributed by atoms with E-state index >= 15 is 0 Å². The highest BCUT2D eigenvalue weighted by molar-refractivity contribution is 5.94. The van der Waals surface area contributed by atoms with Crippen molar-refractivity contribution >= 4 is 17.6 Å². The number of hydrogen-bond donors (Lipinski definition) is 2. The summed E-state index contributed by atoms with van der Waals surface area (Å²) in [6.07, 6.45) is 0.989. The zero-order valence-corrected chi connectivity index (χ0v) is 10.6. The van der Waals surface area contributed by atoms with Crippen LogP contribution in [0.1, 0.15) is 30.1 Å². The van der Waals surface area contributed by atoms with Crippen LogP contribution < -0.4 is 11.1 Å². The van der Waals surface area contributed by atoms with E-state index in [1.54, 1.807) is 24.3 Å². The number of carbonyl (C=O) groups excluding carboxylic acids is 2. The maximum Gasteiger partial charge on any atom is 0.337 e. The second-order valence-corrected chi connectivity index (χ2v) is 4.14. The minimum atomic E-state index is -0.429. The van der Waals surface area contributed by atoms with Crippen molar-refractivity contribution in [2.45, 2.75) is 25.8 Å². The molecule has 0 spiro atoms. The largest absolute Gasteiger partial charge is 0.465 e. The molecule has 0 aromatic heterocycles. The molecule has 18 heavy (non-hydrogen) atoms. The Morgan fingerprint density at radius 3 is 2.78 bits per heavy atom. The Morgan fingerprint density at radius 1 is 1.44 bits per heavy atom. The molecule has 98 valence electrons. The second kappa shape index (κ2) is 6.76. The predicted molar refractivity (Wildman–Crippen MR) is 69.3 cm³/mol. The zero-order chi connectivity index (χ0) is 13.5. The van der Waals surface area contributed by atoms with Gasteiger partial charge in [-0.25, -0.2) is 4.79 Å². The lowest BCUT2D eigenvalue weighted by atomic mass is 10.1. The first-order valence-corrected chi connectivity index (χ1v) is 5.76. The molecular formula is C13H18N2O3. The van der Waals surface area contributed by atoms with Gasteiger partial charge in [0.15, 0.2) is 0 Å². The topological polar surface area (TPSA) is 81.4 Å². The van der Waals surface area contributed by atoms with Crippen LogP contribution in [0.3, 0.4) is 0 Å². The van der Waals surface area contributed by atoms with E-state index in [0.29, 0.717) is 24.1 Å². The van der Waals surface area contributed by atoms with Gasteiger partial charge in [-0.15, -0.1) is 0 Å². The summed E-state index contributed by atoms with van der Waals surface area (Å²) in [4.78, 5) is 22.9. The smallest absolute Gasteiger partial charge is 0.337 e. The molecule has 0 fully saturated rings. The van der Waals surface area contributed by atoms with Crippen molar-refractivity contribution < 1.29 is 14.3 Å². The molecule has 1 unspecified atom stereocenters. The summed E-state index contributed by atoms with van der Waals surface area (Å²) in [5.74, 6) is -0.545. The van der Waals surface area contributed by atoms with Gasteiger partial charge in [0.1, 0.15) is 0 Å². The van der Waals surface area contributed by atoms with Crippen molar-refractivity contribution in [1.82, 2.24) is 0 Å². The second-order valence-electron chi connectivity index (χ2n) is 4.14. The van der Waals surface area contributed by atoms with Gasteiger partial charge in [0.05, 0.1) is 12.7 Å². The van der Waals surface area contributed by atoms with Gasteiger partial charge < -0.3 is 15.8 Å². The van der Waals surface area contributed by atoms with Crippen LogP contribution in [0.25, 0.3) is 0 Å². The van der Waals surface area contributed by atoms with E-state index < -0.39 is 5.97 Å². The van der Waals surface area contributed by atoms with Crippen molar-refractivity contribution in [3.8, 4) is 0 Å². The minimum absolute atomic E-state index is 0.00264. The van der Waals surface area contributed by atoms with E-state index in [1.807, 2.05) is 6.92 Å². The number of anilines is 1. The summed E-state index contributed by atoms with van der Waals surface area (Å²) in [5, 5.41) is 2.71. The number of rotatable bonds is 5. The number of methoxy groups -OCH3 is 1. The molecule has 1 amide bonds. The third kappa shape index (κ3) is 4.55. The highest BCUT2D eigenvalue weighted by Crippen LogP contribution is 2.12. The van der Waals surface area contributed by atoms with E-state index in [9.17, 15) is 9.59 Å². The fraction of sp³-hybridized carbons (Fsp3) is 0.385. The Morgan fingerprint density at radius 2 is 2.17 bits per heavy atom. The maximum absolute atomic E-state index is 11.6. The van der Waals surface area contributed by atoms with Gasteiger partial charge in [-0.05, 0) is 31.5 Å². The number of hydrogen-bond acceptors (Lipinski definition) is 4. The van der Waals surface area contributed by atoms with E-state index in [2.05, 4.69) is 10.1 Å². The van der Waals surface area contributed by atoms with Gasteiger partial charge in [-0.3, -0.25) is 4.79 Å². The van der Waals surface area contributed by atoms with Gasteiger partial charge >= 0.3 is 5.97 Å². The Bertz CT molecular complexity index is 430. The lowest BCUT2D eigenvalue weighted by molar-refractivity contribution is -0.116. The summed E-state index contributed by atoms with van der Waals surface area (Å²) < 4.78 is 4.61. The van der Waals surface area contributed by atoms with Crippen LogP contribution in [-0.2, 0) is 9.53 Å². The Labute approximate surface area is 106 Å². The third-order valence-corrected chi connectivity index (χ3v) is 2.39. The Kier molecular flexibility index (Phi) is 5.32. The summed E-state index contributed by atoms with van der Waals surface area (Å²) >= 11 is 0. The molecule has 5 nitrogen and oxygen atoms in total. The molecule has 0 bridgehead atoms. The molecule has 1 aromatic carbocycles. The molecule has 1 atom stereocenters. The number of nitrogens with one attached hydrogen (secondary N) is 1. The van der Waals surface area contributed by atoms with Crippen LogP contribution >= 0.6 is 0 Å². The van der Waals surface area contributed by atoms with E-state index in [0.717, 1.165) is 0 Å². The molecule has 0 radical (unpaired) electrons. The fourth-order valence-electron chi connectivity index (χ4n) is 1.42. The molecular weight excluding hydrogens is 232 g/mol. The number of carbonyl (C=O) groups is 2. The summed E-state index contributed by atoms with van der Waals surface area (Å²) in [5.41, 5.74) is 6.56. The molecule has 0 saturated heterocycles. The number of amides is 1. The monoisotopic (exact) mass is 250 g/mol. The minimum Gasteiger partial charge on any atom is -0.465 e. The number of ether oxygens (including phenoxy) is 1. The van der Waals surface area contributed by atoms with Gasteiger partial charge in [0.2, 0.25) is 5.91 Å². The summed E-state index contributed by atoms with van der Waals surface area (Å²) in [7, 11) is 1.32. The molecule has 0 saturated carbocycles. The molecule has 0 aliphatic carbocycles. The van der Waals surface area contributed by atoms with Crippen LogP contribution in [0.5, 0.6) is 0 Å². The van der Waals surface area contributed by atoms with E-state index in [-0.39, 0.29) is 11.9 Å². The van der Waals surface area contributed by atoms with Crippen molar-refractivity contribution in [1.29, 1.82) is 0 Å². The van der Waals surface area contributed by atoms with Crippen molar-refractivity contribution in [2.24, 2.45) is 5.73 Å². The molecule has 1 aromatic rings. The van der Waals surface area contributed by atoms with Crippen LogP contribution in [-0.4, -0.2) is 25.0 Å². The van der Waals surface area contributed by atoms with Crippen molar-refractivity contribution in [3.05, 3.63) is 29.8 Å². The predicted octanol–water partition coefficient (Wildman–Crippen LogP) is 1.54. The maximum atomic E-state index is 11.6. The third-order valence-electron chi connectivity index (χ3n) is 2.39. The average molecular weight is 250 g/mol. The first-order chi connectivity index (χ1) is 8.52. The molecule has 0 aliphatic rings. The lowest BCUT2D eigenvalue weighted by Gasteiger charge is -2.08. The van der Waals surface area contributed by atoms with Gasteiger partial charge in [0.25, 0.3) is 0 Å². The fourth-order valence-corrected chi connectivity index (χ4v) is 1.42. The number of benzene rings is 1. The van der Waals surface area contributed by atoms with E-state index in [4.69, 9.17) is 5.73 Å². The Hall–Kier alpha value is -1.88. The average Bonchev–Trinajstić information content (AvgIpc) is 2.35. The van der Waals surface area contributed by atoms with Gasteiger partial charge in [-0.2, -0.15) is 0 Å². The van der Waals surface area contributed by atoms with Crippen LogP contribution in [0.2, 0.25) is 0 Å². The van der Waals surface area contributed by atoms with Crippen molar-refractivity contribution in [2.75, 3.05) is 12.4 Å². The number of nitrogens with two attached hydrogens (primary N) is 1. The first kappa shape index (κ1) is 14.2. The van der Waals surface area contributed by atoms with Gasteiger partial charge in [-0.1, -0.05) is 6.07 Å². The Balaban J connectivity index is 2.62. The van der Waals surface area contributed by atoms with Crippen LogP contribution in [0.4, 0.5) is 5.69 Å². The summed E-state index contributed by atoms with van der Waals surface area (Å²) in [6.45, 7) is 1.85. The molecule has 1 rings (SSSR count). The summed E-state index contributed by atoms with van der Waals surface area (Å²) in [6, 6.07) is 6.61. The van der Waals surface area contributed by atoms with Gasteiger partial charge in [0, 0.05) is 18.2 Å². The highest BCUT2D eigenvalue weighted by atomic mass is 16.5. The highest BCUT2D eigenvalue weighted by Gasteiger charge is 2.08. The van der Waals surface area contributed by atoms with Crippen molar-refractivity contribution in [3.63, 3.8) is 0 Å². The number of esters is 1. The van der Waals surface area contributed by atoms with Crippen LogP contribution in [0.15, 0.2) is 24.3 Å². The molecule has 5 heteroatoms. The van der Waals surface area contributed by atoms with E-state index in [1.165, 1.54) is 7.11 Å². The molecule has 0 aliphatic heterocycles. The lowest BCUT2D eigenvalue weighted by Crippen LogP contribution is -2.19. The zero-order valence-electron chi connectivity index (χ0n) is 10.6. The quantitative estimate of drug-likeness (QED) is 0.777. The molecule has 3 N–H and O–H groups in total.